The lowest BCUT2D eigenvalue weighted by Crippen LogP contribution is -2.17. The SMILES string of the molecule is CC(C)(C)c1cc(-c2cc(C(C)(C)C)cc(-c3cc(C(C)(C)C)cc(C(C)(C)C)c3)c2Nc2ccccc2I)cc(C(C)(C)C)c1. The molecule has 4 rings (SSSR count). The predicted molar refractivity (Wildman–Crippen MR) is 213 cm³/mol. The predicted octanol–water partition coefficient (Wildman–Crippen LogP) is 13.9. The van der Waals surface area contributed by atoms with Gasteiger partial charge in [-0.05, 0) is 113 Å². The molecule has 246 valence electrons. The molecule has 1 N–H and O–H groups in total. The summed E-state index contributed by atoms with van der Waals surface area (Å²) in [6, 6.07) is 28.1. The van der Waals surface area contributed by atoms with Crippen molar-refractivity contribution in [1.82, 2.24) is 0 Å². The number of hydrogen-bond acceptors (Lipinski definition) is 1. The first kappa shape index (κ1) is 36.2. The summed E-state index contributed by atoms with van der Waals surface area (Å²) in [4.78, 5) is 0. The van der Waals surface area contributed by atoms with Gasteiger partial charge in [-0.15, -0.1) is 0 Å². The van der Waals surface area contributed by atoms with E-state index in [9.17, 15) is 0 Å². The Morgan fingerprint density at radius 1 is 0.413 bits per heavy atom. The van der Waals surface area contributed by atoms with E-state index in [-0.39, 0.29) is 27.1 Å². The highest BCUT2D eigenvalue weighted by molar-refractivity contribution is 14.1. The van der Waals surface area contributed by atoms with Crippen LogP contribution < -0.4 is 5.32 Å². The topological polar surface area (TPSA) is 12.0 Å². The van der Waals surface area contributed by atoms with Crippen molar-refractivity contribution in [3.05, 3.63) is 104 Å². The Morgan fingerprint density at radius 2 is 0.717 bits per heavy atom. The Hall–Kier alpha value is -2.59. The highest BCUT2D eigenvalue weighted by atomic mass is 127. The zero-order valence-corrected chi connectivity index (χ0v) is 33.5. The van der Waals surface area contributed by atoms with Gasteiger partial charge in [-0.1, -0.05) is 152 Å². The largest absolute Gasteiger partial charge is 0.354 e. The van der Waals surface area contributed by atoms with Crippen LogP contribution in [0.25, 0.3) is 22.3 Å². The molecule has 4 aromatic carbocycles. The van der Waals surface area contributed by atoms with Crippen LogP contribution in [-0.2, 0) is 27.1 Å². The van der Waals surface area contributed by atoms with Gasteiger partial charge in [0.15, 0.2) is 0 Å². The lowest BCUT2D eigenvalue weighted by molar-refractivity contribution is 0.568. The van der Waals surface area contributed by atoms with Crippen molar-refractivity contribution >= 4 is 34.0 Å². The average Bonchev–Trinajstić information content (AvgIpc) is 2.91. The van der Waals surface area contributed by atoms with Crippen LogP contribution in [-0.4, -0.2) is 0 Å². The molecule has 0 amide bonds. The first-order chi connectivity index (χ1) is 20.9. The highest BCUT2D eigenvalue weighted by Gasteiger charge is 2.27. The second kappa shape index (κ2) is 12.5. The van der Waals surface area contributed by atoms with Gasteiger partial charge in [0, 0.05) is 14.7 Å². The molecule has 0 saturated heterocycles. The molecular formula is C44H58IN. The van der Waals surface area contributed by atoms with Crippen molar-refractivity contribution in [1.29, 1.82) is 0 Å². The van der Waals surface area contributed by atoms with E-state index in [1.807, 2.05) is 0 Å². The number of para-hydroxylation sites is 1. The normalized spacial score (nSPS) is 13.2. The third-order valence-corrected chi connectivity index (χ3v) is 10.0. The third kappa shape index (κ3) is 8.27. The van der Waals surface area contributed by atoms with Gasteiger partial charge in [-0.3, -0.25) is 0 Å². The zero-order chi connectivity index (χ0) is 34.6. The zero-order valence-electron chi connectivity index (χ0n) is 31.3. The summed E-state index contributed by atoms with van der Waals surface area (Å²) in [5.74, 6) is 0. The second-order valence-corrected chi connectivity index (χ2v) is 19.6. The number of nitrogens with one attached hydrogen (secondary N) is 1. The summed E-state index contributed by atoms with van der Waals surface area (Å²) < 4.78 is 1.20. The van der Waals surface area contributed by atoms with Crippen molar-refractivity contribution in [3.63, 3.8) is 0 Å². The van der Waals surface area contributed by atoms with Crippen molar-refractivity contribution in [2.45, 2.75) is 131 Å². The lowest BCUT2D eigenvalue weighted by Gasteiger charge is -2.30. The number of hydrogen-bond donors (Lipinski definition) is 1. The first-order valence-corrected chi connectivity index (χ1v) is 18.0. The molecule has 0 saturated carbocycles. The fraction of sp³-hybridized carbons (Fsp3) is 0.455. The average molecular weight is 728 g/mol. The van der Waals surface area contributed by atoms with E-state index in [2.05, 4.69) is 205 Å². The third-order valence-electron chi connectivity index (χ3n) is 9.09. The molecule has 0 radical (unpaired) electrons. The molecule has 4 aromatic rings. The molecular weight excluding hydrogens is 669 g/mol. The van der Waals surface area contributed by atoms with E-state index in [4.69, 9.17) is 0 Å². The molecule has 0 bridgehead atoms. The van der Waals surface area contributed by atoms with Gasteiger partial charge in [-0.25, -0.2) is 0 Å². The molecule has 0 spiro atoms. The number of benzene rings is 4. The van der Waals surface area contributed by atoms with Crippen LogP contribution >= 0.6 is 22.6 Å². The Kier molecular flexibility index (Phi) is 9.82. The minimum Gasteiger partial charge on any atom is -0.354 e. The smallest absolute Gasteiger partial charge is 0.0544 e. The fourth-order valence-corrected chi connectivity index (χ4v) is 6.18. The van der Waals surface area contributed by atoms with E-state index in [0.29, 0.717) is 0 Å². The van der Waals surface area contributed by atoms with Gasteiger partial charge < -0.3 is 5.32 Å². The van der Waals surface area contributed by atoms with Crippen molar-refractivity contribution < 1.29 is 0 Å². The molecule has 1 nitrogen and oxygen atoms in total. The van der Waals surface area contributed by atoms with Gasteiger partial charge in [-0.2, -0.15) is 0 Å². The first-order valence-electron chi connectivity index (χ1n) is 16.9. The summed E-state index contributed by atoms with van der Waals surface area (Å²) >= 11 is 2.46. The van der Waals surface area contributed by atoms with Crippen LogP contribution in [0.15, 0.2) is 72.8 Å². The maximum atomic E-state index is 4.01. The molecule has 0 aliphatic rings. The van der Waals surface area contributed by atoms with Gasteiger partial charge in [0.1, 0.15) is 0 Å². The highest BCUT2D eigenvalue weighted by Crippen LogP contribution is 2.46. The molecule has 0 fully saturated rings. The summed E-state index contributed by atoms with van der Waals surface area (Å²) in [5.41, 5.74) is 14.1. The molecule has 0 aromatic heterocycles. The van der Waals surface area contributed by atoms with E-state index >= 15 is 0 Å². The van der Waals surface area contributed by atoms with Crippen molar-refractivity contribution in [3.8, 4) is 22.3 Å². The second-order valence-electron chi connectivity index (χ2n) is 18.4. The van der Waals surface area contributed by atoms with Gasteiger partial charge in [0.25, 0.3) is 0 Å². The molecule has 0 heterocycles. The minimum absolute atomic E-state index is 0.0194. The maximum absolute atomic E-state index is 4.01. The van der Waals surface area contributed by atoms with Crippen LogP contribution in [0.3, 0.4) is 0 Å². The maximum Gasteiger partial charge on any atom is 0.0544 e. The Balaban J connectivity index is 2.23. The molecule has 2 heteroatoms. The molecule has 46 heavy (non-hydrogen) atoms. The fourth-order valence-electron chi connectivity index (χ4n) is 5.66. The number of anilines is 2. The molecule has 0 atom stereocenters. The molecule has 0 aliphatic carbocycles. The van der Waals surface area contributed by atoms with Crippen LogP contribution in [0.2, 0.25) is 0 Å². The van der Waals surface area contributed by atoms with Crippen LogP contribution in [0.5, 0.6) is 0 Å². The van der Waals surface area contributed by atoms with Gasteiger partial charge >= 0.3 is 0 Å². The van der Waals surface area contributed by atoms with Crippen LogP contribution in [0.1, 0.15) is 132 Å². The lowest BCUT2D eigenvalue weighted by atomic mass is 9.76. The summed E-state index contributed by atoms with van der Waals surface area (Å²) in [6.45, 7) is 34.9. The Labute approximate surface area is 295 Å². The van der Waals surface area contributed by atoms with E-state index in [1.165, 1.54) is 53.6 Å². The number of halogens is 1. The molecule has 0 aliphatic heterocycles. The summed E-state index contributed by atoms with van der Waals surface area (Å²) in [5, 5.41) is 4.01. The van der Waals surface area contributed by atoms with E-state index in [1.54, 1.807) is 0 Å². The quantitative estimate of drug-likeness (QED) is 0.206. The van der Waals surface area contributed by atoms with Gasteiger partial charge in [0.05, 0.1) is 11.4 Å². The van der Waals surface area contributed by atoms with Crippen LogP contribution in [0.4, 0.5) is 11.4 Å². The van der Waals surface area contributed by atoms with E-state index < -0.39 is 0 Å². The number of rotatable bonds is 4. The van der Waals surface area contributed by atoms with Crippen LogP contribution in [0, 0.1) is 3.57 Å². The summed E-state index contributed by atoms with van der Waals surface area (Å²) in [7, 11) is 0. The Bertz CT molecular complexity index is 1560. The van der Waals surface area contributed by atoms with E-state index in [0.717, 1.165) is 11.4 Å². The summed E-state index contributed by atoms with van der Waals surface area (Å²) in [6.07, 6.45) is 0. The van der Waals surface area contributed by atoms with Crippen molar-refractivity contribution in [2.75, 3.05) is 5.32 Å². The minimum atomic E-state index is -0.0355. The Morgan fingerprint density at radius 3 is 1.02 bits per heavy atom. The molecule has 0 unspecified atom stereocenters. The van der Waals surface area contributed by atoms with Crippen molar-refractivity contribution in [2.24, 2.45) is 0 Å². The van der Waals surface area contributed by atoms with Gasteiger partial charge in [0.2, 0.25) is 0 Å². The standard InChI is InChI=1S/C44H58IN/c1-40(2,3)30-20-28(21-31(24-30)41(4,5)6)35-26-34(44(13,14)15)27-36(39(35)46-38-19-17-16-18-37(38)45)29-22-32(42(7,8)9)25-33(23-29)43(10,11)12/h16-27,46H,1-15H3. The monoisotopic (exact) mass is 727 g/mol.